The average molecular weight is 296 g/mol. The number of nitrogens with one attached hydrogen (secondary N) is 2. The maximum Gasteiger partial charge on any atom is 0.293 e. The molecule has 1 amide bonds. The molecule has 2 aromatic heterocycles. The number of carbonyl (C=O) groups is 2. The van der Waals surface area contributed by atoms with Gasteiger partial charge in [0.25, 0.3) is 5.91 Å². The fourth-order valence-corrected chi connectivity index (χ4v) is 1.92. The zero-order chi connectivity index (χ0) is 15.5. The van der Waals surface area contributed by atoms with E-state index in [2.05, 4.69) is 20.5 Å². The summed E-state index contributed by atoms with van der Waals surface area (Å²) in [6.07, 6.45) is 1.29. The molecular weight excluding hydrogens is 284 g/mol. The molecule has 22 heavy (non-hydrogen) atoms. The minimum absolute atomic E-state index is 0.00174. The molecule has 2 N–H and O–H groups in total. The van der Waals surface area contributed by atoms with E-state index in [0.717, 1.165) is 5.56 Å². The van der Waals surface area contributed by atoms with Crippen LogP contribution in [0.15, 0.2) is 47.1 Å². The van der Waals surface area contributed by atoms with Crippen LogP contribution in [0.5, 0.6) is 0 Å². The van der Waals surface area contributed by atoms with E-state index in [4.69, 9.17) is 4.42 Å². The van der Waals surface area contributed by atoms with Gasteiger partial charge < -0.3 is 4.42 Å². The molecule has 0 spiro atoms. The number of nitrogens with zero attached hydrogens (tertiary/aromatic N) is 2. The molecule has 0 atom stereocenters. The number of amides is 1. The van der Waals surface area contributed by atoms with E-state index in [9.17, 15) is 9.59 Å². The topological polar surface area (TPSA) is 101 Å². The first-order chi connectivity index (χ1) is 10.6. The Bertz CT molecular complexity index is 804. The summed E-state index contributed by atoms with van der Waals surface area (Å²) in [6, 6.07) is 10.2. The van der Waals surface area contributed by atoms with Gasteiger partial charge in [0.2, 0.25) is 5.95 Å². The lowest BCUT2D eigenvalue weighted by molar-refractivity contribution is 0.0993. The zero-order valence-corrected chi connectivity index (χ0v) is 11.7. The molecule has 0 bridgehead atoms. The quantitative estimate of drug-likeness (QED) is 0.720. The molecule has 3 rings (SSSR count). The number of rotatable bonds is 4. The van der Waals surface area contributed by atoms with Crippen molar-refractivity contribution in [3.05, 3.63) is 54.0 Å². The second kappa shape index (κ2) is 5.65. The summed E-state index contributed by atoms with van der Waals surface area (Å²) in [6.45, 7) is 1.51. The first kappa shape index (κ1) is 13.7. The first-order valence-electron chi connectivity index (χ1n) is 6.51. The molecule has 0 saturated carbocycles. The number of hydrogen-bond donors (Lipinski definition) is 2. The van der Waals surface area contributed by atoms with Gasteiger partial charge >= 0.3 is 0 Å². The van der Waals surface area contributed by atoms with Gasteiger partial charge in [-0.1, -0.05) is 24.3 Å². The molecule has 0 saturated heterocycles. The Morgan fingerprint density at radius 3 is 2.55 bits per heavy atom. The van der Waals surface area contributed by atoms with Crippen LogP contribution in [-0.4, -0.2) is 26.9 Å². The molecule has 7 heteroatoms. The monoisotopic (exact) mass is 296 g/mol. The second-order valence-corrected chi connectivity index (χ2v) is 4.59. The van der Waals surface area contributed by atoms with Crippen LogP contribution in [0, 0.1) is 0 Å². The van der Waals surface area contributed by atoms with Gasteiger partial charge in [0, 0.05) is 11.1 Å². The number of aromatic amines is 1. The molecule has 2 heterocycles. The van der Waals surface area contributed by atoms with E-state index in [-0.39, 0.29) is 17.5 Å². The van der Waals surface area contributed by atoms with Crippen molar-refractivity contribution < 1.29 is 14.0 Å². The third-order valence-corrected chi connectivity index (χ3v) is 3.05. The van der Waals surface area contributed by atoms with E-state index in [1.54, 1.807) is 36.4 Å². The number of hydrogen-bond acceptors (Lipinski definition) is 5. The number of ketones is 1. The third kappa shape index (κ3) is 2.78. The second-order valence-electron chi connectivity index (χ2n) is 4.59. The smallest absolute Gasteiger partial charge is 0.293 e. The SMILES string of the molecule is CC(=O)c1ccc(-c2ccc(C(=O)Nc3ncn[nH]3)o2)cc1. The number of Topliss-reactive ketones (excluding diaryl/α,β-unsaturated/α-hetero) is 1. The summed E-state index contributed by atoms with van der Waals surface area (Å²) in [5.41, 5.74) is 1.40. The molecule has 0 unspecified atom stereocenters. The Labute approximate surface area is 125 Å². The van der Waals surface area contributed by atoms with Gasteiger partial charge in [0.15, 0.2) is 11.5 Å². The number of carbonyl (C=O) groups excluding carboxylic acids is 2. The van der Waals surface area contributed by atoms with Crippen molar-refractivity contribution in [2.75, 3.05) is 5.32 Å². The summed E-state index contributed by atoms with van der Waals surface area (Å²) in [5.74, 6) is 0.509. The van der Waals surface area contributed by atoms with E-state index in [1.165, 1.54) is 13.3 Å². The Morgan fingerprint density at radius 1 is 1.14 bits per heavy atom. The van der Waals surface area contributed by atoms with Gasteiger partial charge in [-0.15, -0.1) is 0 Å². The minimum atomic E-state index is -0.427. The molecule has 0 aliphatic carbocycles. The van der Waals surface area contributed by atoms with Gasteiger partial charge in [-0.2, -0.15) is 10.1 Å². The van der Waals surface area contributed by atoms with Crippen molar-refractivity contribution in [1.29, 1.82) is 0 Å². The number of anilines is 1. The fourth-order valence-electron chi connectivity index (χ4n) is 1.92. The Balaban J connectivity index is 1.78. The van der Waals surface area contributed by atoms with Gasteiger partial charge in [-0.05, 0) is 19.1 Å². The van der Waals surface area contributed by atoms with E-state index >= 15 is 0 Å². The molecule has 0 aliphatic rings. The number of furan rings is 1. The highest BCUT2D eigenvalue weighted by Crippen LogP contribution is 2.23. The number of aromatic nitrogens is 3. The molecule has 0 fully saturated rings. The standard InChI is InChI=1S/C15H12N4O3/c1-9(20)10-2-4-11(5-3-10)12-6-7-13(22-12)14(21)18-15-16-8-17-19-15/h2-8H,1H3,(H2,16,17,18,19,21). The molecule has 0 radical (unpaired) electrons. The molecule has 0 aliphatic heterocycles. The lowest BCUT2D eigenvalue weighted by Gasteiger charge is -2.00. The van der Waals surface area contributed by atoms with Crippen LogP contribution in [0.2, 0.25) is 0 Å². The minimum Gasteiger partial charge on any atom is -0.451 e. The van der Waals surface area contributed by atoms with Crippen molar-refractivity contribution in [2.45, 2.75) is 6.92 Å². The highest BCUT2D eigenvalue weighted by molar-refractivity contribution is 6.01. The predicted molar refractivity (Wildman–Crippen MR) is 78.5 cm³/mol. The van der Waals surface area contributed by atoms with Crippen molar-refractivity contribution in [2.24, 2.45) is 0 Å². The van der Waals surface area contributed by atoms with Gasteiger partial charge in [0.1, 0.15) is 12.1 Å². The van der Waals surface area contributed by atoms with Crippen molar-refractivity contribution in [3.8, 4) is 11.3 Å². The van der Waals surface area contributed by atoms with Crippen LogP contribution in [0.1, 0.15) is 27.8 Å². The van der Waals surface area contributed by atoms with E-state index in [0.29, 0.717) is 11.3 Å². The lowest BCUT2D eigenvalue weighted by atomic mass is 10.1. The maximum absolute atomic E-state index is 12.0. The van der Waals surface area contributed by atoms with Crippen LogP contribution in [0.4, 0.5) is 5.95 Å². The molecule has 7 nitrogen and oxygen atoms in total. The third-order valence-electron chi connectivity index (χ3n) is 3.05. The zero-order valence-electron chi connectivity index (χ0n) is 11.7. The fraction of sp³-hybridized carbons (Fsp3) is 0.0667. The summed E-state index contributed by atoms with van der Waals surface area (Å²) in [4.78, 5) is 27.0. The maximum atomic E-state index is 12.0. The van der Waals surface area contributed by atoms with Crippen molar-refractivity contribution >= 4 is 17.6 Å². The van der Waals surface area contributed by atoms with Crippen LogP contribution in [-0.2, 0) is 0 Å². The molecule has 110 valence electrons. The largest absolute Gasteiger partial charge is 0.451 e. The molecular formula is C15H12N4O3. The van der Waals surface area contributed by atoms with Crippen LogP contribution >= 0.6 is 0 Å². The molecule has 1 aromatic carbocycles. The lowest BCUT2D eigenvalue weighted by Crippen LogP contribution is -2.11. The van der Waals surface area contributed by atoms with Crippen molar-refractivity contribution in [3.63, 3.8) is 0 Å². The predicted octanol–water partition coefficient (Wildman–Crippen LogP) is 2.52. The number of H-pyrrole nitrogens is 1. The Hall–Kier alpha value is -3.22. The summed E-state index contributed by atoms with van der Waals surface area (Å²) >= 11 is 0. The molecule has 3 aromatic rings. The van der Waals surface area contributed by atoms with E-state index in [1.807, 2.05) is 0 Å². The van der Waals surface area contributed by atoms with Crippen LogP contribution in [0.25, 0.3) is 11.3 Å². The first-order valence-corrected chi connectivity index (χ1v) is 6.51. The van der Waals surface area contributed by atoms with Crippen molar-refractivity contribution in [1.82, 2.24) is 15.2 Å². The summed E-state index contributed by atoms with van der Waals surface area (Å²) < 4.78 is 5.52. The number of benzene rings is 1. The summed E-state index contributed by atoms with van der Waals surface area (Å²) in [7, 11) is 0. The average Bonchev–Trinajstić information content (AvgIpc) is 3.18. The Morgan fingerprint density at radius 2 is 1.91 bits per heavy atom. The van der Waals surface area contributed by atoms with E-state index < -0.39 is 5.91 Å². The van der Waals surface area contributed by atoms with Gasteiger partial charge in [0.05, 0.1) is 0 Å². The van der Waals surface area contributed by atoms with Gasteiger partial charge in [-0.3, -0.25) is 14.9 Å². The highest BCUT2D eigenvalue weighted by Gasteiger charge is 2.13. The Kier molecular flexibility index (Phi) is 3.53. The highest BCUT2D eigenvalue weighted by atomic mass is 16.3. The van der Waals surface area contributed by atoms with Crippen LogP contribution < -0.4 is 5.32 Å². The summed E-state index contributed by atoms with van der Waals surface area (Å²) in [5, 5.41) is 8.68. The normalized spacial score (nSPS) is 10.4. The van der Waals surface area contributed by atoms with Crippen LogP contribution in [0.3, 0.4) is 0 Å². The van der Waals surface area contributed by atoms with Gasteiger partial charge in [-0.25, -0.2) is 5.10 Å².